The average molecular weight is 268 g/mol. The van der Waals surface area contributed by atoms with Crippen LogP contribution < -0.4 is 5.32 Å². The van der Waals surface area contributed by atoms with E-state index in [2.05, 4.69) is 5.32 Å². The quantitative estimate of drug-likeness (QED) is 0.770. The summed E-state index contributed by atoms with van der Waals surface area (Å²) < 4.78 is 37.3. The monoisotopic (exact) mass is 268 g/mol. The lowest BCUT2D eigenvalue weighted by Gasteiger charge is -2.33. The summed E-state index contributed by atoms with van der Waals surface area (Å²) in [6.45, 7) is 1.65. The highest BCUT2D eigenvalue weighted by atomic mass is 19.4. The van der Waals surface area contributed by atoms with E-state index in [0.29, 0.717) is 12.5 Å². The summed E-state index contributed by atoms with van der Waals surface area (Å²) in [7, 11) is 0. The number of halogens is 3. The third kappa shape index (κ3) is 6.02. The molecule has 1 aliphatic rings. The molecule has 2 unspecified atom stereocenters. The number of nitrogens with zero attached hydrogens (tertiary/aromatic N) is 1. The fourth-order valence-corrected chi connectivity index (χ4v) is 2.50. The smallest absolute Gasteiger partial charge is 0.395 e. The van der Waals surface area contributed by atoms with Crippen LogP contribution in [0.4, 0.5) is 13.2 Å². The molecule has 0 radical (unpaired) electrons. The van der Waals surface area contributed by atoms with Crippen molar-refractivity contribution in [3.63, 3.8) is 0 Å². The molecule has 0 aromatic carbocycles. The Morgan fingerprint density at radius 3 is 2.61 bits per heavy atom. The van der Waals surface area contributed by atoms with Gasteiger partial charge in [0.15, 0.2) is 0 Å². The fraction of sp³-hybridized carbons (Fsp3) is 1.00. The third-order valence-electron chi connectivity index (χ3n) is 3.43. The molecular formula is C12H23F3N2O. The molecule has 1 saturated heterocycles. The van der Waals surface area contributed by atoms with Crippen molar-refractivity contribution in [2.75, 3.05) is 26.2 Å². The first-order valence-electron chi connectivity index (χ1n) is 6.57. The van der Waals surface area contributed by atoms with Crippen molar-refractivity contribution in [2.24, 2.45) is 0 Å². The van der Waals surface area contributed by atoms with Gasteiger partial charge in [0.25, 0.3) is 0 Å². The van der Waals surface area contributed by atoms with E-state index in [9.17, 15) is 13.2 Å². The lowest BCUT2D eigenvalue weighted by atomic mass is 9.98. The van der Waals surface area contributed by atoms with E-state index in [4.69, 9.17) is 5.11 Å². The zero-order chi connectivity index (χ0) is 13.6. The number of nitrogens with one attached hydrogen (secondary N) is 1. The number of rotatable bonds is 6. The molecular weight excluding hydrogens is 245 g/mol. The molecule has 0 aromatic rings. The van der Waals surface area contributed by atoms with E-state index >= 15 is 0 Å². The predicted octanol–water partition coefficient (Wildman–Crippen LogP) is 1.76. The van der Waals surface area contributed by atoms with Gasteiger partial charge < -0.3 is 10.4 Å². The Morgan fingerprint density at radius 1 is 1.39 bits per heavy atom. The standard InChI is InChI=1S/C12H23F3N2O/c1-10(8-11-4-2-3-5-16-11)17(6-7-18)9-12(13,14)15/h10-11,16,18H,2-9H2,1H3. The maximum Gasteiger partial charge on any atom is 0.401 e. The Balaban J connectivity index is 2.44. The Morgan fingerprint density at radius 2 is 2.11 bits per heavy atom. The van der Waals surface area contributed by atoms with Gasteiger partial charge in [-0.25, -0.2) is 0 Å². The Labute approximate surface area is 106 Å². The summed E-state index contributed by atoms with van der Waals surface area (Å²) in [5, 5.41) is 12.2. The van der Waals surface area contributed by atoms with Crippen LogP contribution in [0, 0.1) is 0 Å². The number of hydrogen-bond acceptors (Lipinski definition) is 3. The molecule has 1 fully saturated rings. The minimum absolute atomic E-state index is 0.0768. The molecule has 6 heteroatoms. The second-order valence-electron chi connectivity index (χ2n) is 5.04. The van der Waals surface area contributed by atoms with Gasteiger partial charge in [0.1, 0.15) is 0 Å². The highest BCUT2D eigenvalue weighted by molar-refractivity contribution is 4.79. The largest absolute Gasteiger partial charge is 0.401 e. The maximum absolute atomic E-state index is 12.4. The van der Waals surface area contributed by atoms with Crippen molar-refractivity contribution in [1.29, 1.82) is 0 Å². The molecule has 0 saturated carbocycles. The maximum atomic E-state index is 12.4. The molecule has 0 aromatic heterocycles. The number of hydrogen-bond donors (Lipinski definition) is 2. The second-order valence-corrected chi connectivity index (χ2v) is 5.04. The molecule has 0 bridgehead atoms. The Bertz CT molecular complexity index is 230. The fourth-order valence-electron chi connectivity index (χ4n) is 2.50. The van der Waals surface area contributed by atoms with E-state index < -0.39 is 12.7 Å². The van der Waals surface area contributed by atoms with Gasteiger partial charge >= 0.3 is 6.18 Å². The van der Waals surface area contributed by atoms with Gasteiger partial charge in [0, 0.05) is 18.6 Å². The van der Waals surface area contributed by atoms with Crippen LogP contribution >= 0.6 is 0 Å². The van der Waals surface area contributed by atoms with Crippen LogP contribution in [0.2, 0.25) is 0 Å². The van der Waals surface area contributed by atoms with Crippen molar-refractivity contribution in [2.45, 2.75) is 50.9 Å². The molecule has 2 N–H and O–H groups in total. The molecule has 18 heavy (non-hydrogen) atoms. The average Bonchev–Trinajstić information content (AvgIpc) is 2.28. The third-order valence-corrected chi connectivity index (χ3v) is 3.43. The van der Waals surface area contributed by atoms with Gasteiger partial charge in [0.05, 0.1) is 13.2 Å². The summed E-state index contributed by atoms with van der Waals surface area (Å²) in [6, 6.07) is 0.137. The van der Waals surface area contributed by atoms with E-state index in [1.54, 1.807) is 6.92 Å². The first kappa shape index (κ1) is 15.7. The highest BCUT2D eigenvalue weighted by Crippen LogP contribution is 2.20. The van der Waals surface area contributed by atoms with E-state index in [-0.39, 0.29) is 19.2 Å². The van der Waals surface area contributed by atoms with Crippen LogP contribution in [0.5, 0.6) is 0 Å². The van der Waals surface area contributed by atoms with Gasteiger partial charge in [-0.15, -0.1) is 0 Å². The first-order chi connectivity index (χ1) is 8.42. The molecule has 2 atom stereocenters. The SMILES string of the molecule is CC(CC1CCCCN1)N(CCO)CC(F)(F)F. The summed E-state index contributed by atoms with van der Waals surface area (Å²) >= 11 is 0. The molecule has 1 rings (SSSR count). The van der Waals surface area contributed by atoms with Crippen LogP contribution in [-0.4, -0.2) is 54.5 Å². The molecule has 1 heterocycles. The Hall–Kier alpha value is -0.330. The topological polar surface area (TPSA) is 35.5 Å². The van der Waals surface area contributed by atoms with E-state index in [0.717, 1.165) is 25.8 Å². The van der Waals surface area contributed by atoms with Gasteiger partial charge in [-0.3, -0.25) is 4.90 Å². The van der Waals surface area contributed by atoms with Crippen LogP contribution in [0.3, 0.4) is 0 Å². The van der Waals surface area contributed by atoms with Gasteiger partial charge in [0.2, 0.25) is 0 Å². The van der Waals surface area contributed by atoms with Crippen LogP contribution in [-0.2, 0) is 0 Å². The van der Waals surface area contributed by atoms with Crippen molar-refractivity contribution in [3.8, 4) is 0 Å². The summed E-state index contributed by atoms with van der Waals surface area (Å²) in [4.78, 5) is 1.32. The van der Waals surface area contributed by atoms with Gasteiger partial charge in [-0.05, 0) is 32.7 Å². The van der Waals surface area contributed by atoms with Crippen LogP contribution in [0.15, 0.2) is 0 Å². The summed E-state index contributed by atoms with van der Waals surface area (Å²) in [5.41, 5.74) is 0. The van der Waals surface area contributed by atoms with Crippen molar-refractivity contribution in [3.05, 3.63) is 0 Å². The lowest BCUT2D eigenvalue weighted by molar-refractivity contribution is -0.151. The lowest BCUT2D eigenvalue weighted by Crippen LogP contribution is -2.46. The summed E-state index contributed by atoms with van der Waals surface area (Å²) in [5.74, 6) is 0. The molecule has 0 spiro atoms. The van der Waals surface area contributed by atoms with Gasteiger partial charge in [-0.1, -0.05) is 6.42 Å². The Kier molecular flexibility index (Phi) is 6.38. The van der Waals surface area contributed by atoms with Crippen LogP contribution in [0.1, 0.15) is 32.6 Å². The molecule has 0 amide bonds. The zero-order valence-corrected chi connectivity index (χ0v) is 10.8. The normalized spacial score (nSPS) is 23.3. The van der Waals surface area contributed by atoms with Crippen molar-refractivity contribution >= 4 is 0 Å². The second kappa shape index (κ2) is 7.31. The zero-order valence-electron chi connectivity index (χ0n) is 10.8. The molecule has 1 aliphatic heterocycles. The number of piperidine rings is 1. The van der Waals surface area contributed by atoms with Crippen molar-refractivity contribution < 1.29 is 18.3 Å². The summed E-state index contributed by atoms with van der Waals surface area (Å²) in [6.07, 6.45) is -0.180. The van der Waals surface area contributed by atoms with E-state index in [1.165, 1.54) is 4.90 Å². The van der Waals surface area contributed by atoms with Crippen molar-refractivity contribution in [1.82, 2.24) is 10.2 Å². The minimum Gasteiger partial charge on any atom is -0.395 e. The molecule has 0 aliphatic carbocycles. The predicted molar refractivity (Wildman–Crippen MR) is 64.4 cm³/mol. The number of aliphatic hydroxyl groups is 1. The molecule has 108 valence electrons. The van der Waals surface area contributed by atoms with Crippen LogP contribution in [0.25, 0.3) is 0 Å². The molecule has 3 nitrogen and oxygen atoms in total. The minimum atomic E-state index is -4.20. The number of aliphatic hydroxyl groups excluding tert-OH is 1. The van der Waals surface area contributed by atoms with Gasteiger partial charge in [-0.2, -0.15) is 13.2 Å². The van der Waals surface area contributed by atoms with E-state index in [1.807, 2.05) is 0 Å². The first-order valence-corrected chi connectivity index (χ1v) is 6.57. The number of alkyl halides is 3. The highest BCUT2D eigenvalue weighted by Gasteiger charge is 2.33.